The van der Waals surface area contributed by atoms with E-state index in [4.69, 9.17) is 9.88 Å². The van der Waals surface area contributed by atoms with E-state index < -0.39 is 10.0 Å². The molecule has 0 atom stereocenters. The van der Waals surface area contributed by atoms with Gasteiger partial charge in [0.1, 0.15) is 5.82 Å². The number of nitrogens with two attached hydrogens (primary N) is 1. The molecule has 18 heavy (non-hydrogen) atoms. The molecule has 1 rings (SSSR count). The largest absolute Gasteiger partial charge is 0.381 e. The highest BCUT2D eigenvalue weighted by Gasteiger charge is 2.20. The summed E-state index contributed by atoms with van der Waals surface area (Å²) >= 11 is 0. The molecule has 0 aliphatic heterocycles. The smallest absolute Gasteiger partial charge is 0.273 e. The first-order chi connectivity index (χ1) is 8.50. The molecule has 0 unspecified atom stereocenters. The van der Waals surface area contributed by atoms with E-state index in [0.29, 0.717) is 32.0 Å². The molecule has 0 amide bonds. The Morgan fingerprint density at radius 2 is 1.94 bits per heavy atom. The van der Waals surface area contributed by atoms with Gasteiger partial charge in [-0.2, -0.15) is 0 Å². The quantitative estimate of drug-likeness (QED) is 0.688. The summed E-state index contributed by atoms with van der Waals surface area (Å²) in [5.74, 6) is 0.594. The molecule has 1 aromatic rings. The monoisotopic (exact) mass is 276 g/mol. The van der Waals surface area contributed by atoms with E-state index in [9.17, 15) is 8.42 Å². The third-order valence-electron chi connectivity index (χ3n) is 2.31. The number of primary sulfonamides is 1. The third-order valence-corrected chi connectivity index (χ3v) is 3.12. The molecule has 1 aromatic heterocycles. The van der Waals surface area contributed by atoms with Crippen molar-refractivity contribution in [3.05, 3.63) is 5.82 Å². The summed E-state index contributed by atoms with van der Waals surface area (Å²) in [5, 5.41) is 12.4. The van der Waals surface area contributed by atoms with E-state index in [1.807, 2.05) is 13.8 Å². The summed E-state index contributed by atoms with van der Waals surface area (Å²) in [7, 11) is -3.82. The molecule has 0 radical (unpaired) electrons. The first-order valence-electron chi connectivity index (χ1n) is 6.03. The molecule has 0 aromatic carbocycles. The van der Waals surface area contributed by atoms with Crippen molar-refractivity contribution in [2.45, 2.75) is 44.8 Å². The Bertz CT molecular complexity index is 469. The molecule has 8 heteroatoms. The lowest BCUT2D eigenvalue weighted by atomic mass is 10.4. The summed E-state index contributed by atoms with van der Waals surface area (Å²) in [6.45, 7) is 5.69. The maximum Gasteiger partial charge on any atom is 0.273 e. The van der Waals surface area contributed by atoms with E-state index in [1.165, 1.54) is 0 Å². The first kappa shape index (κ1) is 15.1. The Balaban J connectivity index is 2.82. The molecule has 0 saturated carbocycles. The van der Waals surface area contributed by atoms with Gasteiger partial charge in [0, 0.05) is 19.6 Å². The second kappa shape index (κ2) is 6.81. The lowest BCUT2D eigenvalue weighted by Gasteiger charge is -2.07. The average molecular weight is 276 g/mol. The van der Waals surface area contributed by atoms with Crippen LogP contribution in [0.4, 0.5) is 0 Å². The highest BCUT2D eigenvalue weighted by atomic mass is 32.2. The fraction of sp³-hybridized carbons (Fsp3) is 0.800. The van der Waals surface area contributed by atoms with Crippen molar-refractivity contribution in [2.24, 2.45) is 5.14 Å². The van der Waals surface area contributed by atoms with Crippen LogP contribution in [0.3, 0.4) is 0 Å². The fourth-order valence-corrected chi connectivity index (χ4v) is 2.23. The molecule has 0 saturated heterocycles. The second-order valence-electron chi connectivity index (χ2n) is 3.96. The number of ether oxygens (including phenoxy) is 1. The molecule has 0 aliphatic carbocycles. The molecular formula is C10H20N4O3S. The number of nitrogens with zero attached hydrogens (tertiary/aromatic N) is 3. The van der Waals surface area contributed by atoms with Crippen LogP contribution in [0.2, 0.25) is 0 Å². The van der Waals surface area contributed by atoms with Crippen LogP contribution < -0.4 is 5.14 Å². The van der Waals surface area contributed by atoms with E-state index in [-0.39, 0.29) is 5.16 Å². The van der Waals surface area contributed by atoms with Gasteiger partial charge in [-0.15, -0.1) is 10.2 Å². The minimum absolute atomic E-state index is 0.171. The van der Waals surface area contributed by atoms with Crippen LogP contribution in [0.25, 0.3) is 0 Å². The van der Waals surface area contributed by atoms with E-state index >= 15 is 0 Å². The summed E-state index contributed by atoms with van der Waals surface area (Å²) in [6.07, 6.45) is 2.26. The molecule has 7 nitrogen and oxygen atoms in total. The van der Waals surface area contributed by atoms with Crippen LogP contribution in [0.1, 0.15) is 32.5 Å². The van der Waals surface area contributed by atoms with E-state index in [2.05, 4.69) is 10.2 Å². The van der Waals surface area contributed by atoms with Crippen molar-refractivity contribution in [3.63, 3.8) is 0 Å². The number of hydrogen-bond donors (Lipinski definition) is 1. The van der Waals surface area contributed by atoms with Crippen molar-refractivity contribution in [3.8, 4) is 0 Å². The average Bonchev–Trinajstić information content (AvgIpc) is 2.68. The fourth-order valence-electron chi connectivity index (χ4n) is 1.57. The Morgan fingerprint density at radius 3 is 2.50 bits per heavy atom. The molecular weight excluding hydrogens is 256 g/mol. The van der Waals surface area contributed by atoms with Gasteiger partial charge in [-0.1, -0.05) is 13.8 Å². The Kier molecular flexibility index (Phi) is 5.70. The Hall–Kier alpha value is -0.990. The summed E-state index contributed by atoms with van der Waals surface area (Å²) in [5.41, 5.74) is 0. The maximum atomic E-state index is 11.3. The minimum Gasteiger partial charge on any atom is -0.381 e. The predicted molar refractivity (Wildman–Crippen MR) is 66.5 cm³/mol. The lowest BCUT2D eigenvalue weighted by molar-refractivity contribution is 0.136. The summed E-state index contributed by atoms with van der Waals surface area (Å²) in [4.78, 5) is 0. The van der Waals surface area contributed by atoms with Crippen molar-refractivity contribution >= 4 is 10.0 Å². The Labute approximate surface area is 107 Å². The predicted octanol–water partition coefficient (Wildman–Crippen LogP) is 0.305. The Morgan fingerprint density at radius 1 is 1.22 bits per heavy atom. The molecule has 0 spiro atoms. The number of rotatable bonds is 8. The highest BCUT2D eigenvalue weighted by Crippen LogP contribution is 2.09. The van der Waals surface area contributed by atoms with Gasteiger partial charge in [0.15, 0.2) is 0 Å². The van der Waals surface area contributed by atoms with Crippen LogP contribution in [0, 0.1) is 0 Å². The molecule has 1 heterocycles. The van der Waals surface area contributed by atoms with Crippen molar-refractivity contribution in [2.75, 3.05) is 13.2 Å². The lowest BCUT2D eigenvalue weighted by Crippen LogP contribution is -2.20. The van der Waals surface area contributed by atoms with Crippen molar-refractivity contribution < 1.29 is 13.2 Å². The highest BCUT2D eigenvalue weighted by molar-refractivity contribution is 7.89. The minimum atomic E-state index is -3.82. The SMILES string of the molecule is CCCOCCc1nnc(S(N)(=O)=O)n1CCC. The van der Waals surface area contributed by atoms with Crippen LogP contribution in [0.5, 0.6) is 0 Å². The molecule has 0 aliphatic rings. The van der Waals surface area contributed by atoms with Gasteiger partial charge in [0.25, 0.3) is 15.2 Å². The number of hydrogen-bond acceptors (Lipinski definition) is 5. The van der Waals surface area contributed by atoms with Gasteiger partial charge in [-0.25, -0.2) is 13.6 Å². The topological polar surface area (TPSA) is 100 Å². The van der Waals surface area contributed by atoms with Gasteiger partial charge in [0.2, 0.25) is 0 Å². The molecule has 2 N–H and O–H groups in total. The van der Waals surface area contributed by atoms with Crippen LogP contribution in [-0.4, -0.2) is 36.4 Å². The normalized spacial score (nSPS) is 11.9. The second-order valence-corrected chi connectivity index (χ2v) is 5.41. The van der Waals surface area contributed by atoms with Crippen LogP contribution in [-0.2, 0) is 27.7 Å². The standard InChI is InChI=1S/C10H20N4O3S/c1-3-6-14-9(5-8-17-7-4-2)12-13-10(14)18(11,15)16/h3-8H2,1-2H3,(H2,11,15,16). The van der Waals surface area contributed by atoms with E-state index in [0.717, 1.165) is 12.8 Å². The van der Waals surface area contributed by atoms with Crippen molar-refractivity contribution in [1.82, 2.24) is 14.8 Å². The van der Waals surface area contributed by atoms with Gasteiger partial charge in [-0.05, 0) is 12.8 Å². The molecule has 0 bridgehead atoms. The zero-order valence-electron chi connectivity index (χ0n) is 10.8. The maximum absolute atomic E-state index is 11.3. The van der Waals surface area contributed by atoms with Crippen LogP contribution in [0.15, 0.2) is 5.16 Å². The van der Waals surface area contributed by atoms with Crippen LogP contribution >= 0.6 is 0 Å². The van der Waals surface area contributed by atoms with Gasteiger partial charge in [0.05, 0.1) is 6.61 Å². The van der Waals surface area contributed by atoms with Gasteiger partial charge < -0.3 is 9.30 Å². The molecule has 0 fully saturated rings. The van der Waals surface area contributed by atoms with Gasteiger partial charge >= 0.3 is 0 Å². The third kappa shape index (κ3) is 4.04. The molecule has 104 valence electrons. The van der Waals surface area contributed by atoms with E-state index in [1.54, 1.807) is 4.57 Å². The summed E-state index contributed by atoms with van der Waals surface area (Å²) < 4.78 is 29.6. The zero-order chi connectivity index (χ0) is 13.6. The van der Waals surface area contributed by atoms with Crippen molar-refractivity contribution in [1.29, 1.82) is 0 Å². The number of sulfonamides is 1. The number of aromatic nitrogens is 3. The first-order valence-corrected chi connectivity index (χ1v) is 7.58. The summed E-state index contributed by atoms with van der Waals surface area (Å²) in [6, 6.07) is 0. The van der Waals surface area contributed by atoms with Gasteiger partial charge in [-0.3, -0.25) is 0 Å². The zero-order valence-corrected chi connectivity index (χ0v) is 11.6.